The SMILES string of the molecule is CCN(CC)c1ccc(C(=O)Nc2ccc3nc(-c4cccc(OC)c4)[nH]c3c2)cc1. The molecule has 0 spiro atoms. The molecule has 0 aliphatic carbocycles. The summed E-state index contributed by atoms with van der Waals surface area (Å²) in [6.45, 7) is 6.11. The first-order chi connectivity index (χ1) is 15.1. The fourth-order valence-corrected chi connectivity index (χ4v) is 3.61. The van der Waals surface area contributed by atoms with E-state index in [1.165, 1.54) is 0 Å². The van der Waals surface area contributed by atoms with E-state index in [4.69, 9.17) is 4.74 Å². The second kappa shape index (κ2) is 8.92. The first kappa shape index (κ1) is 20.5. The molecule has 0 unspecified atom stereocenters. The lowest BCUT2D eigenvalue weighted by molar-refractivity contribution is 0.102. The molecule has 0 aliphatic rings. The van der Waals surface area contributed by atoms with Gasteiger partial charge in [0.15, 0.2) is 0 Å². The molecule has 1 heterocycles. The number of amides is 1. The van der Waals surface area contributed by atoms with Crippen LogP contribution in [0.25, 0.3) is 22.4 Å². The molecule has 4 rings (SSSR count). The van der Waals surface area contributed by atoms with E-state index in [-0.39, 0.29) is 5.91 Å². The standard InChI is InChI=1S/C25H26N4O2/c1-4-29(5-2)20-12-9-17(10-13-20)25(30)26-19-11-14-22-23(16-19)28-24(27-22)18-7-6-8-21(15-18)31-3/h6-16H,4-5H2,1-3H3,(H,26,30)(H,27,28). The number of nitrogens with zero attached hydrogens (tertiary/aromatic N) is 2. The van der Waals surface area contributed by atoms with Crippen LogP contribution in [-0.2, 0) is 0 Å². The monoisotopic (exact) mass is 414 g/mol. The van der Waals surface area contributed by atoms with Crippen LogP contribution < -0.4 is 15.0 Å². The quantitative estimate of drug-likeness (QED) is 0.428. The van der Waals surface area contributed by atoms with Gasteiger partial charge < -0.3 is 19.9 Å². The summed E-state index contributed by atoms with van der Waals surface area (Å²) in [6, 6.07) is 21.1. The molecule has 0 fully saturated rings. The number of carbonyl (C=O) groups excluding carboxylic acids is 1. The number of hydrogen-bond donors (Lipinski definition) is 2. The molecule has 2 N–H and O–H groups in total. The number of anilines is 2. The number of fused-ring (bicyclic) bond motifs is 1. The lowest BCUT2D eigenvalue weighted by Gasteiger charge is -2.21. The van der Waals surface area contributed by atoms with Gasteiger partial charge in [0, 0.05) is 35.6 Å². The molecule has 6 nitrogen and oxygen atoms in total. The van der Waals surface area contributed by atoms with Crippen LogP contribution in [0.3, 0.4) is 0 Å². The Bertz CT molecular complexity index is 1190. The van der Waals surface area contributed by atoms with Gasteiger partial charge in [-0.1, -0.05) is 12.1 Å². The average molecular weight is 415 g/mol. The van der Waals surface area contributed by atoms with Crippen molar-refractivity contribution in [1.29, 1.82) is 0 Å². The first-order valence-electron chi connectivity index (χ1n) is 10.4. The number of H-pyrrole nitrogens is 1. The predicted molar refractivity (Wildman–Crippen MR) is 126 cm³/mol. The highest BCUT2D eigenvalue weighted by molar-refractivity contribution is 6.05. The fourth-order valence-electron chi connectivity index (χ4n) is 3.61. The maximum atomic E-state index is 12.7. The average Bonchev–Trinajstić information content (AvgIpc) is 3.24. The summed E-state index contributed by atoms with van der Waals surface area (Å²) in [6.07, 6.45) is 0. The molecule has 1 amide bonds. The number of ether oxygens (including phenoxy) is 1. The van der Waals surface area contributed by atoms with Gasteiger partial charge in [0.25, 0.3) is 5.91 Å². The summed E-state index contributed by atoms with van der Waals surface area (Å²) in [5, 5.41) is 2.97. The van der Waals surface area contributed by atoms with E-state index in [2.05, 4.69) is 34.0 Å². The van der Waals surface area contributed by atoms with Gasteiger partial charge in [-0.25, -0.2) is 4.98 Å². The first-order valence-corrected chi connectivity index (χ1v) is 10.4. The van der Waals surface area contributed by atoms with Crippen molar-refractivity contribution in [3.63, 3.8) is 0 Å². The lowest BCUT2D eigenvalue weighted by Crippen LogP contribution is -2.21. The Morgan fingerprint density at radius 3 is 2.52 bits per heavy atom. The molecule has 158 valence electrons. The highest BCUT2D eigenvalue weighted by Crippen LogP contribution is 2.26. The zero-order valence-corrected chi connectivity index (χ0v) is 18.0. The van der Waals surface area contributed by atoms with Crippen molar-refractivity contribution in [2.45, 2.75) is 13.8 Å². The Morgan fingerprint density at radius 2 is 1.81 bits per heavy atom. The van der Waals surface area contributed by atoms with Crippen molar-refractivity contribution in [3.8, 4) is 17.1 Å². The summed E-state index contributed by atoms with van der Waals surface area (Å²) in [4.78, 5) is 22.9. The molecule has 0 radical (unpaired) electrons. The van der Waals surface area contributed by atoms with Crippen LogP contribution in [-0.4, -0.2) is 36.1 Å². The summed E-state index contributed by atoms with van der Waals surface area (Å²) >= 11 is 0. The number of hydrogen-bond acceptors (Lipinski definition) is 4. The highest BCUT2D eigenvalue weighted by Gasteiger charge is 2.10. The lowest BCUT2D eigenvalue weighted by atomic mass is 10.1. The van der Waals surface area contributed by atoms with Gasteiger partial charge in [-0.3, -0.25) is 4.79 Å². The maximum Gasteiger partial charge on any atom is 0.255 e. The molecule has 0 saturated heterocycles. The zero-order chi connectivity index (χ0) is 21.8. The molecule has 0 aliphatic heterocycles. The van der Waals surface area contributed by atoms with Crippen LogP contribution in [0.5, 0.6) is 5.75 Å². The van der Waals surface area contributed by atoms with Crippen LogP contribution >= 0.6 is 0 Å². The van der Waals surface area contributed by atoms with Crippen LogP contribution in [0.1, 0.15) is 24.2 Å². The van der Waals surface area contributed by atoms with E-state index in [1.807, 2.05) is 66.7 Å². The van der Waals surface area contributed by atoms with E-state index < -0.39 is 0 Å². The summed E-state index contributed by atoms with van der Waals surface area (Å²) in [7, 11) is 1.64. The van der Waals surface area contributed by atoms with Gasteiger partial charge in [-0.05, 0) is 68.4 Å². The predicted octanol–water partition coefficient (Wildman–Crippen LogP) is 5.34. The van der Waals surface area contributed by atoms with Crippen molar-refractivity contribution in [1.82, 2.24) is 9.97 Å². The van der Waals surface area contributed by atoms with Gasteiger partial charge in [0.1, 0.15) is 11.6 Å². The molecule has 6 heteroatoms. The van der Waals surface area contributed by atoms with E-state index >= 15 is 0 Å². The number of aromatic amines is 1. The number of imidazole rings is 1. The van der Waals surface area contributed by atoms with Crippen LogP contribution in [0.2, 0.25) is 0 Å². The number of methoxy groups -OCH3 is 1. The largest absolute Gasteiger partial charge is 0.497 e. The van der Waals surface area contributed by atoms with Crippen molar-refractivity contribution >= 4 is 28.3 Å². The molecular weight excluding hydrogens is 388 g/mol. The third kappa shape index (κ3) is 4.38. The normalized spacial score (nSPS) is 10.8. The number of nitrogens with one attached hydrogen (secondary N) is 2. The zero-order valence-electron chi connectivity index (χ0n) is 18.0. The van der Waals surface area contributed by atoms with Crippen LogP contribution in [0, 0.1) is 0 Å². The minimum Gasteiger partial charge on any atom is -0.497 e. The molecule has 0 saturated carbocycles. The number of carbonyl (C=O) groups is 1. The van der Waals surface area contributed by atoms with E-state index in [0.717, 1.165) is 46.9 Å². The van der Waals surface area contributed by atoms with Crippen LogP contribution in [0.4, 0.5) is 11.4 Å². The summed E-state index contributed by atoms with van der Waals surface area (Å²) < 4.78 is 5.30. The van der Waals surface area contributed by atoms with Gasteiger partial charge >= 0.3 is 0 Å². The van der Waals surface area contributed by atoms with Gasteiger partial charge in [-0.15, -0.1) is 0 Å². The second-order valence-corrected chi connectivity index (χ2v) is 7.22. The summed E-state index contributed by atoms with van der Waals surface area (Å²) in [5.41, 5.74) is 5.08. The highest BCUT2D eigenvalue weighted by atomic mass is 16.5. The molecule has 0 atom stereocenters. The Labute approximate surface area is 181 Å². The number of benzene rings is 3. The topological polar surface area (TPSA) is 70.2 Å². The minimum atomic E-state index is -0.141. The van der Waals surface area contributed by atoms with Crippen molar-refractivity contribution < 1.29 is 9.53 Å². The van der Waals surface area contributed by atoms with Crippen molar-refractivity contribution in [2.75, 3.05) is 30.4 Å². The Kier molecular flexibility index (Phi) is 5.89. The molecule has 4 aromatic rings. The number of aromatic nitrogens is 2. The van der Waals surface area contributed by atoms with E-state index in [9.17, 15) is 4.79 Å². The smallest absolute Gasteiger partial charge is 0.255 e. The molecule has 0 bridgehead atoms. The minimum absolute atomic E-state index is 0.141. The van der Waals surface area contributed by atoms with Gasteiger partial charge in [-0.2, -0.15) is 0 Å². The number of rotatable bonds is 7. The second-order valence-electron chi connectivity index (χ2n) is 7.22. The Balaban J connectivity index is 1.52. The summed E-state index contributed by atoms with van der Waals surface area (Å²) in [5.74, 6) is 1.39. The molecule has 31 heavy (non-hydrogen) atoms. The Hall–Kier alpha value is -3.80. The molecule has 1 aromatic heterocycles. The van der Waals surface area contributed by atoms with Crippen molar-refractivity contribution in [2.24, 2.45) is 0 Å². The van der Waals surface area contributed by atoms with Crippen LogP contribution in [0.15, 0.2) is 66.7 Å². The maximum absolute atomic E-state index is 12.7. The van der Waals surface area contributed by atoms with Gasteiger partial charge in [0.2, 0.25) is 0 Å². The molecule has 3 aromatic carbocycles. The third-order valence-electron chi connectivity index (χ3n) is 5.34. The Morgan fingerprint density at radius 1 is 1.03 bits per heavy atom. The van der Waals surface area contributed by atoms with E-state index in [1.54, 1.807) is 7.11 Å². The van der Waals surface area contributed by atoms with Gasteiger partial charge in [0.05, 0.1) is 18.1 Å². The van der Waals surface area contributed by atoms with Crippen molar-refractivity contribution in [3.05, 3.63) is 72.3 Å². The third-order valence-corrected chi connectivity index (χ3v) is 5.34. The van der Waals surface area contributed by atoms with E-state index in [0.29, 0.717) is 11.3 Å². The molecular formula is C25H26N4O2. The fraction of sp³-hybridized carbons (Fsp3) is 0.200.